The van der Waals surface area contributed by atoms with Gasteiger partial charge >= 0.3 is 0 Å². The third-order valence-corrected chi connectivity index (χ3v) is 8.98. The normalized spacial score (nSPS) is 13.0. The molecule has 0 unspecified atom stereocenters. The van der Waals surface area contributed by atoms with Crippen LogP contribution in [0.15, 0.2) is 140 Å². The lowest BCUT2D eigenvalue weighted by molar-refractivity contribution is 0.587. The Morgan fingerprint density at radius 2 is 1.00 bits per heavy atom. The summed E-state index contributed by atoms with van der Waals surface area (Å²) in [6, 6.07) is 51.3. The van der Waals surface area contributed by atoms with Gasteiger partial charge in [-0.05, 0) is 74.2 Å². The Morgan fingerprint density at radius 1 is 0.452 bits per heavy atom. The van der Waals surface area contributed by atoms with Crippen molar-refractivity contribution >= 4 is 21.8 Å². The summed E-state index contributed by atoms with van der Waals surface area (Å²) in [7, 11) is 0. The molecule has 1 heterocycles. The lowest BCUT2D eigenvalue weighted by atomic mass is 9.75. The molecular weight excluding hydrogens is 506 g/mol. The highest BCUT2D eigenvalue weighted by Gasteiger charge is 2.35. The van der Waals surface area contributed by atoms with Crippen molar-refractivity contribution in [1.29, 1.82) is 0 Å². The third-order valence-electron chi connectivity index (χ3n) is 8.98. The van der Waals surface area contributed by atoms with E-state index in [1.165, 1.54) is 72.0 Å². The first kappa shape index (κ1) is 24.9. The number of hydrogen-bond donors (Lipinski definition) is 0. The third kappa shape index (κ3) is 3.63. The fraction of sp³-hybridized carbons (Fsp3) is 0.122. The van der Waals surface area contributed by atoms with Crippen LogP contribution in [0.25, 0.3) is 49.7 Å². The van der Waals surface area contributed by atoms with Gasteiger partial charge in [0.05, 0.1) is 11.0 Å². The van der Waals surface area contributed by atoms with Crippen LogP contribution in [0.1, 0.15) is 48.9 Å². The predicted molar refractivity (Wildman–Crippen MR) is 178 cm³/mol. The van der Waals surface area contributed by atoms with Crippen LogP contribution < -0.4 is 0 Å². The summed E-state index contributed by atoms with van der Waals surface area (Å²) >= 11 is 0. The summed E-state index contributed by atoms with van der Waals surface area (Å²) in [5.41, 5.74) is 14.5. The van der Waals surface area contributed by atoms with Crippen LogP contribution in [0.4, 0.5) is 0 Å². The van der Waals surface area contributed by atoms with Crippen LogP contribution >= 0.6 is 0 Å². The van der Waals surface area contributed by atoms with Crippen molar-refractivity contribution in [2.24, 2.45) is 0 Å². The van der Waals surface area contributed by atoms with Crippen LogP contribution in [0.2, 0.25) is 0 Å². The molecule has 1 aliphatic carbocycles. The zero-order chi connectivity index (χ0) is 28.4. The largest absolute Gasteiger partial charge is 0.309 e. The van der Waals surface area contributed by atoms with E-state index in [9.17, 15) is 0 Å². The van der Waals surface area contributed by atoms with Crippen LogP contribution in [0, 0.1) is 0 Å². The van der Waals surface area contributed by atoms with Crippen molar-refractivity contribution in [2.45, 2.75) is 32.1 Å². The molecular formula is C41H33N. The number of benzene rings is 6. The van der Waals surface area contributed by atoms with Gasteiger partial charge in [-0.25, -0.2) is 0 Å². The maximum absolute atomic E-state index is 2.46. The summed E-state index contributed by atoms with van der Waals surface area (Å²) < 4.78 is 2.46. The lowest BCUT2D eigenvalue weighted by Gasteiger charge is -2.28. The van der Waals surface area contributed by atoms with Crippen molar-refractivity contribution in [2.75, 3.05) is 0 Å². The van der Waals surface area contributed by atoms with Crippen LogP contribution in [-0.2, 0) is 5.41 Å². The minimum atomic E-state index is -0.0963. The maximum Gasteiger partial charge on any atom is 0.0547 e. The van der Waals surface area contributed by atoms with Crippen LogP contribution in [-0.4, -0.2) is 4.57 Å². The minimum Gasteiger partial charge on any atom is -0.309 e. The fourth-order valence-corrected chi connectivity index (χ4v) is 7.42. The van der Waals surface area contributed by atoms with E-state index in [1.54, 1.807) is 0 Å². The van der Waals surface area contributed by atoms with Gasteiger partial charge in [0.1, 0.15) is 0 Å². The Morgan fingerprint density at radius 3 is 1.64 bits per heavy atom. The summed E-state index contributed by atoms with van der Waals surface area (Å²) in [6.45, 7) is 7.15. The molecule has 1 nitrogen and oxygen atoms in total. The zero-order valence-electron chi connectivity index (χ0n) is 24.3. The highest BCUT2D eigenvalue weighted by atomic mass is 15.0. The Hall–Kier alpha value is -4.88. The van der Waals surface area contributed by atoms with E-state index in [0.29, 0.717) is 0 Å². The van der Waals surface area contributed by atoms with Crippen molar-refractivity contribution < 1.29 is 0 Å². The van der Waals surface area contributed by atoms with Gasteiger partial charge in [-0.15, -0.1) is 0 Å². The first-order valence-corrected chi connectivity index (χ1v) is 14.9. The standard InChI is InChI=1S/C41H33N/c1-41(2,3)40-34(37-32-21-12-10-19-30(32)31-20-11-13-22-33(31)37)25-26-36-39(40)38-29(27-15-6-4-7-16-27)23-14-24-35(38)42(36)28-17-8-5-9-18-28/h4-26,37H,1-3H3. The number of rotatable bonds is 3. The molecule has 0 spiro atoms. The van der Waals surface area contributed by atoms with Gasteiger partial charge in [0.25, 0.3) is 0 Å². The Bertz CT molecular complexity index is 2060. The molecule has 42 heavy (non-hydrogen) atoms. The molecule has 8 rings (SSSR count). The van der Waals surface area contributed by atoms with E-state index in [4.69, 9.17) is 0 Å². The lowest BCUT2D eigenvalue weighted by Crippen LogP contribution is -2.17. The highest BCUT2D eigenvalue weighted by Crippen LogP contribution is 2.52. The number of nitrogens with zero attached hydrogens (tertiary/aromatic N) is 1. The van der Waals surface area contributed by atoms with E-state index in [2.05, 4.69) is 165 Å². The monoisotopic (exact) mass is 539 g/mol. The number of para-hydroxylation sites is 1. The molecule has 0 aliphatic heterocycles. The summed E-state index contributed by atoms with van der Waals surface area (Å²) in [5, 5.41) is 2.69. The van der Waals surface area contributed by atoms with Crippen molar-refractivity contribution in [1.82, 2.24) is 4.57 Å². The van der Waals surface area contributed by atoms with Gasteiger partial charge in [0.15, 0.2) is 0 Å². The molecule has 0 bridgehead atoms. The maximum atomic E-state index is 2.46. The number of hydrogen-bond acceptors (Lipinski definition) is 0. The molecule has 7 aromatic rings. The summed E-state index contributed by atoms with van der Waals surface area (Å²) in [4.78, 5) is 0. The van der Waals surface area contributed by atoms with Gasteiger partial charge in [0, 0.05) is 22.4 Å². The Balaban J connectivity index is 1.56. The number of fused-ring (bicyclic) bond motifs is 6. The van der Waals surface area contributed by atoms with Gasteiger partial charge in [-0.2, -0.15) is 0 Å². The van der Waals surface area contributed by atoms with Gasteiger partial charge < -0.3 is 4.57 Å². The first-order valence-electron chi connectivity index (χ1n) is 14.9. The second-order valence-electron chi connectivity index (χ2n) is 12.5. The quantitative estimate of drug-likeness (QED) is 0.210. The van der Waals surface area contributed by atoms with Crippen molar-refractivity contribution in [3.63, 3.8) is 0 Å². The second-order valence-corrected chi connectivity index (χ2v) is 12.5. The fourth-order valence-electron chi connectivity index (χ4n) is 7.42. The molecule has 0 radical (unpaired) electrons. The molecule has 0 N–H and O–H groups in total. The predicted octanol–water partition coefficient (Wildman–Crippen LogP) is 10.9. The molecule has 0 atom stereocenters. The Labute approximate surface area is 247 Å². The van der Waals surface area contributed by atoms with Crippen LogP contribution in [0.5, 0.6) is 0 Å². The van der Waals surface area contributed by atoms with Crippen molar-refractivity contribution in [3.8, 4) is 27.9 Å². The van der Waals surface area contributed by atoms with E-state index in [-0.39, 0.29) is 11.3 Å². The van der Waals surface area contributed by atoms with E-state index in [0.717, 1.165) is 0 Å². The first-order chi connectivity index (χ1) is 20.5. The molecule has 1 aliphatic rings. The van der Waals surface area contributed by atoms with E-state index >= 15 is 0 Å². The van der Waals surface area contributed by atoms with E-state index in [1.807, 2.05) is 0 Å². The summed E-state index contributed by atoms with van der Waals surface area (Å²) in [6.07, 6.45) is 0. The van der Waals surface area contributed by atoms with Gasteiger partial charge in [-0.3, -0.25) is 0 Å². The highest BCUT2D eigenvalue weighted by molar-refractivity contribution is 6.17. The average Bonchev–Trinajstić information content (AvgIpc) is 3.54. The minimum absolute atomic E-state index is 0.0963. The van der Waals surface area contributed by atoms with Gasteiger partial charge in [-0.1, -0.05) is 136 Å². The van der Waals surface area contributed by atoms with Gasteiger partial charge in [0.2, 0.25) is 0 Å². The molecule has 1 aromatic heterocycles. The Kier molecular flexibility index (Phi) is 5.52. The molecule has 6 aromatic carbocycles. The van der Waals surface area contributed by atoms with Crippen molar-refractivity contribution in [3.05, 3.63) is 162 Å². The SMILES string of the molecule is CC(C)(C)c1c(C2c3ccccc3-c3ccccc32)ccc2c1c1c(-c3ccccc3)cccc1n2-c1ccccc1. The smallest absolute Gasteiger partial charge is 0.0547 e. The molecule has 0 saturated carbocycles. The average molecular weight is 540 g/mol. The zero-order valence-corrected chi connectivity index (χ0v) is 24.3. The molecule has 0 fully saturated rings. The molecule has 1 heteroatoms. The molecule has 0 amide bonds. The molecule has 0 saturated heterocycles. The van der Waals surface area contributed by atoms with E-state index < -0.39 is 0 Å². The summed E-state index contributed by atoms with van der Waals surface area (Å²) in [5.74, 6) is 0.190. The number of aromatic nitrogens is 1. The van der Waals surface area contributed by atoms with Crippen LogP contribution in [0.3, 0.4) is 0 Å². The molecule has 202 valence electrons. The second kappa shape index (κ2) is 9.33. The topological polar surface area (TPSA) is 4.93 Å².